The van der Waals surface area contributed by atoms with Gasteiger partial charge in [0.2, 0.25) is 0 Å². The van der Waals surface area contributed by atoms with Crippen molar-refractivity contribution in [2.45, 2.75) is 52.9 Å². The highest BCUT2D eigenvalue weighted by molar-refractivity contribution is 6.10. The molecule has 0 N–H and O–H groups in total. The first-order valence-corrected chi connectivity index (χ1v) is 12.6. The molecule has 0 spiro atoms. The van der Waals surface area contributed by atoms with E-state index in [0.717, 1.165) is 0 Å². The highest BCUT2D eigenvalue weighted by Crippen LogP contribution is 2.16. The lowest BCUT2D eigenvalue weighted by Gasteiger charge is -2.05. The summed E-state index contributed by atoms with van der Waals surface area (Å²) in [6.07, 6.45) is 5.71. The summed E-state index contributed by atoms with van der Waals surface area (Å²) >= 11 is 0. The molecular formula is C31H32O8. The Bertz CT molecular complexity index is 1250. The van der Waals surface area contributed by atoms with Crippen LogP contribution in [-0.2, 0) is 28.8 Å². The van der Waals surface area contributed by atoms with E-state index in [9.17, 15) is 28.8 Å². The maximum Gasteiger partial charge on any atom is 0.311 e. The van der Waals surface area contributed by atoms with E-state index in [-0.39, 0.29) is 61.2 Å². The van der Waals surface area contributed by atoms with E-state index in [1.165, 1.54) is 19.1 Å². The molecule has 0 unspecified atom stereocenters. The molecule has 8 nitrogen and oxygen atoms in total. The van der Waals surface area contributed by atoms with E-state index in [1.54, 1.807) is 74.5 Å². The van der Waals surface area contributed by atoms with Crippen LogP contribution in [0.5, 0.6) is 11.5 Å². The molecule has 39 heavy (non-hydrogen) atoms. The average molecular weight is 533 g/mol. The lowest BCUT2D eigenvalue weighted by Crippen LogP contribution is -2.13. The lowest BCUT2D eigenvalue weighted by atomic mass is 10.1. The summed E-state index contributed by atoms with van der Waals surface area (Å²) in [5.41, 5.74) is 1.37. The van der Waals surface area contributed by atoms with Crippen molar-refractivity contribution in [3.8, 4) is 11.5 Å². The van der Waals surface area contributed by atoms with Crippen LogP contribution >= 0.6 is 0 Å². The summed E-state index contributed by atoms with van der Waals surface area (Å²) in [5.74, 6) is -1.28. The largest absolute Gasteiger partial charge is 0.427 e. The fourth-order valence-electron chi connectivity index (χ4n) is 3.12. The molecule has 0 atom stereocenters. The van der Waals surface area contributed by atoms with E-state index < -0.39 is 11.9 Å². The van der Waals surface area contributed by atoms with Crippen LogP contribution in [0.3, 0.4) is 0 Å². The topological polar surface area (TPSA) is 121 Å². The second-order valence-electron chi connectivity index (χ2n) is 9.19. The average Bonchev–Trinajstić information content (AvgIpc) is 2.89. The Morgan fingerprint density at radius 3 is 1.44 bits per heavy atom. The number of Topliss-reactive ketones (excluding diaryl/α,β-unsaturated/α-hetero) is 2. The second kappa shape index (κ2) is 15.7. The van der Waals surface area contributed by atoms with E-state index in [1.807, 2.05) is 0 Å². The monoisotopic (exact) mass is 532 g/mol. The Morgan fingerprint density at radius 2 is 1.05 bits per heavy atom. The van der Waals surface area contributed by atoms with Gasteiger partial charge < -0.3 is 14.3 Å². The Hall–Kier alpha value is -4.46. The molecule has 0 aromatic heterocycles. The third-order valence-electron chi connectivity index (χ3n) is 5.40. The van der Waals surface area contributed by atoms with Gasteiger partial charge in [-0.25, -0.2) is 0 Å². The van der Waals surface area contributed by atoms with Crippen molar-refractivity contribution >= 4 is 47.2 Å². The molecule has 204 valence electrons. The van der Waals surface area contributed by atoms with Gasteiger partial charge in [-0.3, -0.25) is 24.0 Å². The number of carbonyl (C=O) groups is 6. The summed E-state index contributed by atoms with van der Waals surface area (Å²) < 4.78 is 10.4. The molecule has 2 aromatic rings. The van der Waals surface area contributed by atoms with Gasteiger partial charge in [0.25, 0.3) is 0 Å². The lowest BCUT2D eigenvalue weighted by molar-refractivity contribution is -0.136. The van der Waals surface area contributed by atoms with Crippen molar-refractivity contribution in [1.29, 1.82) is 0 Å². The first-order valence-electron chi connectivity index (χ1n) is 12.6. The van der Waals surface area contributed by atoms with E-state index in [4.69, 9.17) is 9.47 Å². The standard InChI is InChI=1S/C31H32O8/c1-21(2)29(35)17-19-31(37)39-28-15-9-24(10-16-28)6-12-26(34)20-25(33)11-5-23-7-13-27(14-8-23)38-30(36)18-4-22(3)32/h5-16,21H,4,17-20H2,1-3H3/b11-5+,12-6+. The quantitative estimate of drug-likeness (QED) is 0.134. The van der Waals surface area contributed by atoms with Crippen LogP contribution < -0.4 is 9.47 Å². The van der Waals surface area contributed by atoms with Gasteiger partial charge in [0.15, 0.2) is 11.6 Å². The maximum atomic E-state index is 12.2. The Morgan fingerprint density at radius 1 is 0.641 bits per heavy atom. The van der Waals surface area contributed by atoms with E-state index in [2.05, 4.69) is 0 Å². The number of rotatable bonds is 15. The van der Waals surface area contributed by atoms with Crippen molar-refractivity contribution in [3.63, 3.8) is 0 Å². The van der Waals surface area contributed by atoms with Crippen LogP contribution in [0.4, 0.5) is 0 Å². The van der Waals surface area contributed by atoms with Crippen LogP contribution in [0.2, 0.25) is 0 Å². The Balaban J connectivity index is 1.78. The summed E-state index contributed by atoms with van der Waals surface area (Å²) in [6, 6.07) is 13.0. The molecule has 0 bridgehead atoms. The van der Waals surface area contributed by atoms with Crippen molar-refractivity contribution < 1.29 is 38.2 Å². The van der Waals surface area contributed by atoms with Gasteiger partial charge in [-0.15, -0.1) is 0 Å². The first kappa shape index (κ1) is 30.8. The number of hydrogen-bond donors (Lipinski definition) is 0. The third kappa shape index (κ3) is 12.6. The number of benzene rings is 2. The zero-order chi connectivity index (χ0) is 28.8. The van der Waals surface area contributed by atoms with Gasteiger partial charge in [-0.05, 0) is 54.5 Å². The zero-order valence-corrected chi connectivity index (χ0v) is 22.3. The summed E-state index contributed by atoms with van der Waals surface area (Å²) in [6.45, 7) is 4.96. The highest BCUT2D eigenvalue weighted by atomic mass is 16.5. The fourth-order valence-corrected chi connectivity index (χ4v) is 3.12. The van der Waals surface area contributed by atoms with Crippen molar-refractivity contribution in [1.82, 2.24) is 0 Å². The van der Waals surface area contributed by atoms with Gasteiger partial charge in [0, 0.05) is 18.8 Å². The SMILES string of the molecule is CC(=O)CCC(=O)Oc1ccc(/C=C/C(=O)CC(=O)/C=C/c2ccc(OC(=O)CCC(=O)C(C)C)cc2)cc1. The van der Waals surface area contributed by atoms with Crippen molar-refractivity contribution in [2.75, 3.05) is 0 Å². The molecule has 0 aliphatic rings. The van der Waals surface area contributed by atoms with E-state index in [0.29, 0.717) is 22.6 Å². The van der Waals surface area contributed by atoms with Crippen molar-refractivity contribution in [2.24, 2.45) is 5.92 Å². The molecule has 2 rings (SSSR count). The van der Waals surface area contributed by atoms with E-state index >= 15 is 0 Å². The number of ether oxygens (including phenoxy) is 2. The number of hydrogen-bond acceptors (Lipinski definition) is 8. The van der Waals surface area contributed by atoms with Crippen LogP contribution in [-0.4, -0.2) is 35.1 Å². The minimum atomic E-state index is -0.499. The molecule has 0 heterocycles. The van der Waals surface area contributed by atoms with Crippen LogP contribution in [0.1, 0.15) is 64.0 Å². The van der Waals surface area contributed by atoms with Gasteiger partial charge in [0.1, 0.15) is 23.1 Å². The molecule has 2 aromatic carbocycles. The molecule has 0 aliphatic heterocycles. The Labute approximate surface area is 227 Å². The molecule has 0 amide bonds. The van der Waals surface area contributed by atoms with Crippen LogP contribution in [0.15, 0.2) is 60.7 Å². The summed E-state index contributed by atoms with van der Waals surface area (Å²) in [7, 11) is 0. The third-order valence-corrected chi connectivity index (χ3v) is 5.40. The molecular weight excluding hydrogens is 500 g/mol. The molecule has 0 aliphatic carbocycles. The van der Waals surface area contributed by atoms with Crippen LogP contribution in [0, 0.1) is 5.92 Å². The molecule has 8 heteroatoms. The van der Waals surface area contributed by atoms with Gasteiger partial charge in [0.05, 0.1) is 19.3 Å². The number of esters is 2. The number of allylic oxidation sites excluding steroid dienone is 2. The predicted molar refractivity (Wildman–Crippen MR) is 146 cm³/mol. The van der Waals surface area contributed by atoms with Gasteiger partial charge in [-0.2, -0.15) is 0 Å². The molecule has 0 radical (unpaired) electrons. The first-order chi connectivity index (χ1) is 18.5. The van der Waals surface area contributed by atoms with Crippen LogP contribution in [0.25, 0.3) is 12.2 Å². The normalized spacial score (nSPS) is 11.1. The number of carbonyl (C=O) groups excluding carboxylic acids is 6. The highest BCUT2D eigenvalue weighted by Gasteiger charge is 2.12. The molecule has 0 fully saturated rings. The van der Waals surface area contributed by atoms with Gasteiger partial charge in [-0.1, -0.05) is 50.3 Å². The zero-order valence-electron chi connectivity index (χ0n) is 22.3. The Kier molecular flexibility index (Phi) is 12.4. The van der Waals surface area contributed by atoms with Gasteiger partial charge >= 0.3 is 11.9 Å². The minimum Gasteiger partial charge on any atom is -0.427 e. The smallest absolute Gasteiger partial charge is 0.311 e. The molecule has 0 saturated carbocycles. The second-order valence-corrected chi connectivity index (χ2v) is 9.19. The minimum absolute atomic E-state index is 0.00302. The van der Waals surface area contributed by atoms with Crippen molar-refractivity contribution in [3.05, 3.63) is 71.8 Å². The maximum absolute atomic E-state index is 12.2. The summed E-state index contributed by atoms with van der Waals surface area (Å²) in [5, 5.41) is 0. The summed E-state index contributed by atoms with van der Waals surface area (Å²) in [4.78, 5) is 70.4. The number of ketones is 4. The molecule has 0 saturated heterocycles. The fraction of sp³-hybridized carbons (Fsp3) is 0.290. The predicted octanol–water partition coefficient (Wildman–Crippen LogP) is 5.13.